The highest BCUT2D eigenvalue weighted by molar-refractivity contribution is 9.10. The predicted molar refractivity (Wildman–Crippen MR) is 137 cm³/mol. The van der Waals surface area contributed by atoms with Crippen LogP contribution in [0.5, 0.6) is 0 Å². The third-order valence-electron chi connectivity index (χ3n) is 5.46. The fourth-order valence-corrected chi connectivity index (χ4v) is 7.47. The topological polar surface area (TPSA) is 46.6 Å². The minimum absolute atomic E-state index is 0.368. The fraction of sp³-hybridized carbons (Fsp3) is 0.222. The Morgan fingerprint density at radius 2 is 1.52 bits per heavy atom. The molecule has 0 aromatic heterocycles. The smallest absolute Gasteiger partial charge is 0.336 e. The third kappa shape index (κ3) is 4.91. The van der Waals surface area contributed by atoms with E-state index >= 15 is 4.57 Å². The molecule has 3 aromatic carbocycles. The maximum Gasteiger partial charge on any atom is 0.336 e. The summed E-state index contributed by atoms with van der Waals surface area (Å²) in [4.78, 5) is 13.3. The molecule has 1 atom stereocenters. The zero-order valence-corrected chi connectivity index (χ0v) is 21.4. The van der Waals surface area contributed by atoms with Gasteiger partial charge in [0.25, 0.3) is 0 Å². The SMILES string of the molecule is CC(C)(C)OC(=O)C1=CCN(P(=O)(c2ccccc2)c2ccccc2)[C@@H]1c1cccc(Br)c1. The van der Waals surface area contributed by atoms with E-state index in [2.05, 4.69) is 15.9 Å². The number of halogens is 1. The molecule has 4 rings (SSSR count). The lowest BCUT2D eigenvalue weighted by molar-refractivity contribution is -0.150. The largest absolute Gasteiger partial charge is 0.457 e. The van der Waals surface area contributed by atoms with E-state index in [4.69, 9.17) is 4.74 Å². The Kier molecular flexibility index (Phi) is 6.76. The van der Waals surface area contributed by atoms with Gasteiger partial charge in [0.15, 0.2) is 0 Å². The second-order valence-electron chi connectivity index (χ2n) is 8.99. The first kappa shape index (κ1) is 23.7. The van der Waals surface area contributed by atoms with Crippen LogP contribution >= 0.6 is 23.2 Å². The Morgan fingerprint density at radius 3 is 2.03 bits per heavy atom. The van der Waals surface area contributed by atoms with Crippen molar-refractivity contribution in [1.29, 1.82) is 0 Å². The molecule has 170 valence electrons. The van der Waals surface area contributed by atoms with Gasteiger partial charge in [0.1, 0.15) is 5.60 Å². The summed E-state index contributed by atoms with van der Waals surface area (Å²) in [7, 11) is -3.28. The second kappa shape index (κ2) is 9.42. The Labute approximate surface area is 203 Å². The van der Waals surface area contributed by atoms with E-state index in [0.29, 0.717) is 12.1 Å². The highest BCUT2D eigenvalue weighted by atomic mass is 79.9. The van der Waals surface area contributed by atoms with Crippen molar-refractivity contribution in [2.24, 2.45) is 0 Å². The van der Waals surface area contributed by atoms with Crippen LogP contribution in [0.4, 0.5) is 0 Å². The number of benzene rings is 3. The number of hydrogen-bond donors (Lipinski definition) is 0. The summed E-state index contributed by atoms with van der Waals surface area (Å²) < 4.78 is 23.7. The Morgan fingerprint density at radius 1 is 0.939 bits per heavy atom. The molecule has 4 nitrogen and oxygen atoms in total. The normalized spacial score (nSPS) is 17.0. The van der Waals surface area contributed by atoms with E-state index < -0.39 is 18.9 Å². The van der Waals surface area contributed by atoms with Crippen LogP contribution in [0.25, 0.3) is 0 Å². The number of carbonyl (C=O) groups is 1. The number of esters is 1. The van der Waals surface area contributed by atoms with Crippen molar-refractivity contribution in [3.63, 3.8) is 0 Å². The predicted octanol–water partition coefficient (Wildman–Crippen LogP) is 6.00. The first-order valence-electron chi connectivity index (χ1n) is 10.9. The Hall–Kier alpha value is -2.46. The number of hydrogen-bond acceptors (Lipinski definition) is 3. The van der Waals surface area contributed by atoms with Gasteiger partial charge in [-0.15, -0.1) is 0 Å². The van der Waals surface area contributed by atoms with Crippen molar-refractivity contribution in [2.45, 2.75) is 32.4 Å². The maximum atomic E-state index is 15.1. The molecule has 3 aromatic rings. The molecule has 1 aliphatic rings. The molecule has 1 aliphatic heterocycles. The number of rotatable bonds is 5. The van der Waals surface area contributed by atoms with Crippen LogP contribution in [0.1, 0.15) is 32.4 Å². The van der Waals surface area contributed by atoms with Gasteiger partial charge in [-0.05, 0) is 62.7 Å². The molecule has 0 fully saturated rings. The zero-order valence-electron chi connectivity index (χ0n) is 18.9. The van der Waals surface area contributed by atoms with Gasteiger partial charge in [0.2, 0.25) is 7.29 Å². The molecular formula is C27H27BrNO3P. The van der Waals surface area contributed by atoms with Crippen LogP contribution in [0.2, 0.25) is 0 Å². The molecule has 0 spiro atoms. The molecule has 33 heavy (non-hydrogen) atoms. The molecule has 0 amide bonds. The standard InChI is InChI=1S/C27H27BrNO3P/c1-27(2,3)32-26(30)24-17-18-29(25(24)20-11-10-12-21(28)19-20)33(31,22-13-6-4-7-14-22)23-15-8-5-9-16-23/h4-17,19,25H,18H2,1-3H3/t25-/m1/s1. The van der Waals surface area contributed by atoms with Crippen LogP contribution in [0.15, 0.2) is 101 Å². The number of ether oxygens (including phenoxy) is 1. The van der Waals surface area contributed by atoms with Crippen molar-refractivity contribution >= 4 is 39.8 Å². The summed E-state index contributed by atoms with van der Waals surface area (Å²) in [5.41, 5.74) is 0.761. The molecule has 0 saturated heterocycles. The highest BCUT2D eigenvalue weighted by Crippen LogP contribution is 2.56. The summed E-state index contributed by atoms with van der Waals surface area (Å²) in [5, 5.41) is 1.46. The van der Waals surface area contributed by atoms with Gasteiger partial charge in [-0.3, -0.25) is 4.57 Å². The molecule has 0 unspecified atom stereocenters. The van der Waals surface area contributed by atoms with E-state index in [0.717, 1.165) is 20.6 Å². The lowest BCUT2D eigenvalue weighted by Gasteiger charge is -2.35. The summed E-state index contributed by atoms with van der Waals surface area (Å²) in [5.74, 6) is -0.386. The Balaban J connectivity index is 1.88. The van der Waals surface area contributed by atoms with E-state index in [1.807, 2.05) is 116 Å². The van der Waals surface area contributed by atoms with Crippen molar-refractivity contribution in [1.82, 2.24) is 4.67 Å². The average molecular weight is 524 g/mol. The summed E-state index contributed by atoms with van der Waals surface area (Å²) >= 11 is 3.55. The molecule has 1 heterocycles. The van der Waals surface area contributed by atoms with Gasteiger partial charge in [0.05, 0.1) is 11.6 Å². The monoisotopic (exact) mass is 523 g/mol. The summed E-state index contributed by atoms with van der Waals surface area (Å²) in [6.07, 6.45) is 1.86. The third-order valence-corrected chi connectivity index (χ3v) is 9.07. The van der Waals surface area contributed by atoms with E-state index in [1.165, 1.54) is 0 Å². The minimum atomic E-state index is -3.28. The summed E-state index contributed by atoms with van der Waals surface area (Å²) in [6.45, 7) is 5.92. The maximum absolute atomic E-state index is 15.1. The Bertz CT molecular complexity index is 1180. The lowest BCUT2D eigenvalue weighted by atomic mass is 10.0. The second-order valence-corrected chi connectivity index (χ2v) is 12.6. The van der Waals surface area contributed by atoms with Crippen molar-refractivity contribution in [2.75, 3.05) is 6.54 Å². The minimum Gasteiger partial charge on any atom is -0.457 e. The van der Waals surface area contributed by atoms with Gasteiger partial charge < -0.3 is 4.74 Å². The van der Waals surface area contributed by atoms with Crippen LogP contribution in [-0.4, -0.2) is 22.8 Å². The molecule has 0 radical (unpaired) electrons. The van der Waals surface area contributed by atoms with Crippen LogP contribution in [0.3, 0.4) is 0 Å². The van der Waals surface area contributed by atoms with Crippen LogP contribution in [0, 0.1) is 0 Å². The van der Waals surface area contributed by atoms with E-state index in [1.54, 1.807) is 0 Å². The van der Waals surface area contributed by atoms with E-state index in [-0.39, 0.29) is 5.97 Å². The lowest BCUT2D eigenvalue weighted by Crippen LogP contribution is -2.35. The zero-order chi connectivity index (χ0) is 23.6. The quantitative estimate of drug-likeness (QED) is 0.303. The molecular weight excluding hydrogens is 497 g/mol. The average Bonchev–Trinajstić information content (AvgIpc) is 3.25. The van der Waals surface area contributed by atoms with Gasteiger partial charge in [0, 0.05) is 21.6 Å². The van der Waals surface area contributed by atoms with Crippen molar-refractivity contribution in [3.05, 3.63) is 107 Å². The van der Waals surface area contributed by atoms with E-state index in [9.17, 15) is 4.79 Å². The van der Waals surface area contributed by atoms with Crippen molar-refractivity contribution < 1.29 is 14.1 Å². The van der Waals surface area contributed by atoms with Crippen LogP contribution in [-0.2, 0) is 14.1 Å². The number of carbonyl (C=O) groups excluding carboxylic acids is 1. The van der Waals surface area contributed by atoms with Crippen molar-refractivity contribution in [3.8, 4) is 0 Å². The van der Waals surface area contributed by atoms with Gasteiger partial charge in [-0.1, -0.05) is 70.5 Å². The van der Waals surface area contributed by atoms with Crippen LogP contribution < -0.4 is 10.6 Å². The molecule has 0 bridgehead atoms. The molecule has 0 N–H and O–H groups in total. The molecule has 0 saturated carbocycles. The fourth-order valence-electron chi connectivity index (χ4n) is 4.11. The summed E-state index contributed by atoms with van der Waals surface area (Å²) in [6, 6.07) is 26.3. The first-order chi connectivity index (χ1) is 15.7. The van der Waals surface area contributed by atoms with Gasteiger partial charge in [-0.25, -0.2) is 9.46 Å². The molecule has 0 aliphatic carbocycles. The highest BCUT2D eigenvalue weighted by Gasteiger charge is 2.45. The first-order valence-corrected chi connectivity index (χ1v) is 13.3. The molecule has 6 heteroatoms. The number of nitrogens with zero attached hydrogens (tertiary/aromatic N) is 1. The van der Waals surface area contributed by atoms with Gasteiger partial charge in [-0.2, -0.15) is 0 Å². The van der Waals surface area contributed by atoms with Gasteiger partial charge >= 0.3 is 5.97 Å².